The van der Waals surface area contributed by atoms with Crippen LogP contribution >= 0.6 is 11.8 Å². The number of aromatic carboxylic acids is 1. The lowest BCUT2D eigenvalue weighted by Gasteiger charge is -2.29. The molecule has 2 aromatic rings. The molecule has 5 nitrogen and oxygen atoms in total. The minimum Gasteiger partial charge on any atom is -0.478 e. The Balaban J connectivity index is 2.02. The molecule has 0 fully saturated rings. The van der Waals surface area contributed by atoms with E-state index >= 15 is 0 Å². The number of thioether (sulfide) groups is 1. The van der Waals surface area contributed by atoms with E-state index < -0.39 is 16.0 Å². The maximum Gasteiger partial charge on any atom is 0.335 e. The molecule has 2 aromatic carbocycles. The number of sulfonamides is 1. The SMILES string of the molecule is O=C(O)c1ccc(S(=O)(=O)N2CCSc3ccccc32)cc1. The lowest BCUT2D eigenvalue weighted by atomic mass is 10.2. The summed E-state index contributed by atoms with van der Waals surface area (Å²) >= 11 is 1.63. The Hall–Kier alpha value is -1.99. The van der Waals surface area contributed by atoms with Crippen LogP contribution in [0.15, 0.2) is 58.3 Å². The quantitative estimate of drug-likeness (QED) is 0.933. The van der Waals surface area contributed by atoms with E-state index in [0.29, 0.717) is 18.0 Å². The third-order valence-electron chi connectivity index (χ3n) is 3.38. The zero-order valence-corrected chi connectivity index (χ0v) is 13.1. The van der Waals surface area contributed by atoms with E-state index in [0.717, 1.165) is 4.90 Å². The molecule has 1 aliphatic rings. The molecule has 0 radical (unpaired) electrons. The fourth-order valence-corrected chi connectivity index (χ4v) is 4.94. The largest absolute Gasteiger partial charge is 0.478 e. The van der Waals surface area contributed by atoms with Crippen molar-refractivity contribution in [1.29, 1.82) is 0 Å². The predicted molar refractivity (Wildman–Crippen MR) is 85.1 cm³/mol. The molecule has 0 aromatic heterocycles. The van der Waals surface area contributed by atoms with Gasteiger partial charge in [-0.1, -0.05) is 12.1 Å². The smallest absolute Gasteiger partial charge is 0.335 e. The van der Waals surface area contributed by atoms with Crippen LogP contribution in [0, 0.1) is 0 Å². The Labute approximate surface area is 132 Å². The topological polar surface area (TPSA) is 74.7 Å². The molecule has 0 unspecified atom stereocenters. The maximum atomic E-state index is 12.8. The molecule has 0 saturated heterocycles. The van der Waals surface area contributed by atoms with Gasteiger partial charge in [-0.3, -0.25) is 4.31 Å². The van der Waals surface area contributed by atoms with Crippen molar-refractivity contribution in [2.45, 2.75) is 9.79 Å². The lowest BCUT2D eigenvalue weighted by molar-refractivity contribution is 0.0696. The van der Waals surface area contributed by atoms with Crippen molar-refractivity contribution in [2.24, 2.45) is 0 Å². The maximum absolute atomic E-state index is 12.8. The number of para-hydroxylation sites is 1. The van der Waals surface area contributed by atoms with E-state index in [9.17, 15) is 13.2 Å². The van der Waals surface area contributed by atoms with Gasteiger partial charge in [-0.05, 0) is 36.4 Å². The predicted octanol–water partition coefficient (Wildman–Crippen LogP) is 2.69. The number of fused-ring (bicyclic) bond motifs is 1. The first-order valence-electron chi connectivity index (χ1n) is 6.58. The highest BCUT2D eigenvalue weighted by Gasteiger charge is 2.29. The zero-order chi connectivity index (χ0) is 15.7. The summed E-state index contributed by atoms with van der Waals surface area (Å²) < 4.78 is 27.0. The Kier molecular flexibility index (Phi) is 3.84. The second-order valence-corrected chi connectivity index (χ2v) is 7.72. The average Bonchev–Trinajstić information content (AvgIpc) is 2.54. The van der Waals surface area contributed by atoms with Crippen LogP contribution in [0.2, 0.25) is 0 Å². The monoisotopic (exact) mass is 335 g/mol. The molecule has 1 aliphatic heterocycles. The summed E-state index contributed by atoms with van der Waals surface area (Å²) in [5, 5.41) is 8.89. The van der Waals surface area contributed by atoms with Crippen LogP contribution in [0.5, 0.6) is 0 Å². The first-order chi connectivity index (χ1) is 10.5. The van der Waals surface area contributed by atoms with Gasteiger partial charge in [0, 0.05) is 17.2 Å². The highest BCUT2D eigenvalue weighted by atomic mass is 32.2. The first kappa shape index (κ1) is 14.9. The van der Waals surface area contributed by atoms with Crippen molar-refractivity contribution in [1.82, 2.24) is 0 Å². The van der Waals surface area contributed by atoms with E-state index in [2.05, 4.69) is 0 Å². The molecule has 0 atom stereocenters. The molecule has 7 heteroatoms. The second-order valence-electron chi connectivity index (χ2n) is 4.72. The summed E-state index contributed by atoms with van der Waals surface area (Å²) in [5.74, 6) is -0.396. The number of rotatable bonds is 3. The average molecular weight is 335 g/mol. The summed E-state index contributed by atoms with van der Waals surface area (Å²) in [7, 11) is -3.69. The molecule has 0 spiro atoms. The number of anilines is 1. The molecule has 0 bridgehead atoms. The molecule has 3 rings (SSSR count). The Morgan fingerprint density at radius 2 is 1.77 bits per heavy atom. The zero-order valence-electron chi connectivity index (χ0n) is 11.5. The van der Waals surface area contributed by atoms with Crippen molar-refractivity contribution in [3.05, 3.63) is 54.1 Å². The molecule has 22 heavy (non-hydrogen) atoms. The molecule has 0 amide bonds. The van der Waals surface area contributed by atoms with Gasteiger partial charge in [0.15, 0.2) is 0 Å². The van der Waals surface area contributed by atoms with Gasteiger partial charge in [0.2, 0.25) is 0 Å². The van der Waals surface area contributed by atoms with Crippen molar-refractivity contribution in [3.63, 3.8) is 0 Å². The number of hydrogen-bond acceptors (Lipinski definition) is 4. The van der Waals surface area contributed by atoms with Gasteiger partial charge in [0.1, 0.15) is 0 Å². The molecule has 114 valence electrons. The van der Waals surface area contributed by atoms with Crippen LogP contribution in [-0.2, 0) is 10.0 Å². The number of carbonyl (C=O) groups is 1. The third kappa shape index (κ3) is 2.57. The number of benzene rings is 2. The van der Waals surface area contributed by atoms with Gasteiger partial charge in [-0.2, -0.15) is 0 Å². The Bertz CT molecular complexity index is 816. The van der Waals surface area contributed by atoms with Crippen LogP contribution < -0.4 is 4.31 Å². The summed E-state index contributed by atoms with van der Waals surface area (Å²) in [6, 6.07) is 12.6. The van der Waals surface area contributed by atoms with E-state index in [4.69, 9.17) is 5.11 Å². The van der Waals surface area contributed by atoms with Crippen molar-refractivity contribution >= 4 is 33.4 Å². The Morgan fingerprint density at radius 3 is 2.45 bits per heavy atom. The van der Waals surface area contributed by atoms with Gasteiger partial charge < -0.3 is 5.11 Å². The highest BCUT2D eigenvalue weighted by molar-refractivity contribution is 8.00. The van der Waals surface area contributed by atoms with Crippen LogP contribution in [0.3, 0.4) is 0 Å². The van der Waals surface area contributed by atoms with Gasteiger partial charge in [-0.25, -0.2) is 13.2 Å². The fraction of sp³-hybridized carbons (Fsp3) is 0.133. The fourth-order valence-electron chi connectivity index (χ4n) is 2.29. The molecule has 0 saturated carbocycles. The normalized spacial score (nSPS) is 14.5. The minimum atomic E-state index is -3.69. The van der Waals surface area contributed by atoms with Crippen molar-refractivity contribution in [2.75, 3.05) is 16.6 Å². The van der Waals surface area contributed by atoms with E-state index in [1.165, 1.54) is 28.6 Å². The van der Waals surface area contributed by atoms with Crippen molar-refractivity contribution in [3.8, 4) is 0 Å². The standard InChI is InChI=1S/C15H13NO4S2/c17-15(18)11-5-7-12(8-6-11)22(19,20)16-9-10-21-14-4-2-1-3-13(14)16/h1-8H,9-10H2,(H,17,18). The lowest BCUT2D eigenvalue weighted by Crippen LogP contribution is -2.35. The van der Waals surface area contributed by atoms with E-state index in [1.54, 1.807) is 23.9 Å². The van der Waals surface area contributed by atoms with E-state index in [1.807, 2.05) is 12.1 Å². The van der Waals surface area contributed by atoms with Gasteiger partial charge >= 0.3 is 5.97 Å². The third-order valence-corrected chi connectivity index (χ3v) is 6.25. The number of carboxylic acid groups (broad SMARTS) is 1. The van der Waals surface area contributed by atoms with Crippen LogP contribution in [0.25, 0.3) is 0 Å². The molecular weight excluding hydrogens is 322 g/mol. The second kappa shape index (κ2) is 5.66. The molecule has 1 N–H and O–H groups in total. The van der Waals surface area contributed by atoms with Crippen molar-refractivity contribution < 1.29 is 18.3 Å². The Morgan fingerprint density at radius 1 is 1.09 bits per heavy atom. The number of nitrogens with zero attached hydrogens (tertiary/aromatic N) is 1. The summed E-state index contributed by atoms with van der Waals surface area (Å²) in [4.78, 5) is 11.9. The van der Waals surface area contributed by atoms with Gasteiger partial charge in [0.25, 0.3) is 10.0 Å². The van der Waals surface area contributed by atoms with Gasteiger partial charge in [0.05, 0.1) is 16.1 Å². The highest BCUT2D eigenvalue weighted by Crippen LogP contribution is 2.37. The molecule has 0 aliphatic carbocycles. The van der Waals surface area contributed by atoms with Crippen LogP contribution in [0.4, 0.5) is 5.69 Å². The number of hydrogen-bond donors (Lipinski definition) is 1. The minimum absolute atomic E-state index is 0.0635. The van der Waals surface area contributed by atoms with Crippen LogP contribution in [0.1, 0.15) is 10.4 Å². The van der Waals surface area contributed by atoms with E-state index in [-0.39, 0.29) is 10.5 Å². The van der Waals surface area contributed by atoms with Crippen LogP contribution in [-0.4, -0.2) is 31.8 Å². The molecule has 1 heterocycles. The summed E-state index contributed by atoms with van der Waals surface area (Å²) in [5.41, 5.74) is 0.731. The summed E-state index contributed by atoms with van der Waals surface area (Å²) in [6.07, 6.45) is 0. The number of carboxylic acids is 1. The molecular formula is C15H13NO4S2. The summed E-state index contributed by atoms with van der Waals surface area (Å²) in [6.45, 7) is 0.394. The van der Waals surface area contributed by atoms with Gasteiger partial charge in [-0.15, -0.1) is 11.8 Å². The first-order valence-corrected chi connectivity index (χ1v) is 9.00.